The number of aryl methyl sites for hydroxylation is 1. The van der Waals surface area contributed by atoms with E-state index in [2.05, 4.69) is 9.46 Å². The molecule has 0 aliphatic carbocycles. The van der Waals surface area contributed by atoms with Crippen molar-refractivity contribution in [2.45, 2.75) is 18.7 Å². The van der Waals surface area contributed by atoms with Crippen LogP contribution >= 0.6 is 11.3 Å². The van der Waals surface area contributed by atoms with Crippen molar-refractivity contribution < 1.29 is 22.2 Å². The van der Waals surface area contributed by atoms with Crippen molar-refractivity contribution in [3.05, 3.63) is 15.8 Å². The third-order valence-electron chi connectivity index (χ3n) is 2.50. The zero-order chi connectivity index (χ0) is 15.3. The fourth-order valence-corrected chi connectivity index (χ4v) is 4.99. The number of ether oxygens (including phenoxy) is 1. The summed E-state index contributed by atoms with van der Waals surface area (Å²) in [5, 5.41) is 1.59. The van der Waals surface area contributed by atoms with Crippen molar-refractivity contribution in [1.82, 2.24) is 4.72 Å². The molecular weight excluding hydrogens is 322 g/mol. The van der Waals surface area contributed by atoms with E-state index in [9.17, 15) is 17.4 Å². The molecule has 0 aliphatic heterocycles. The topological polar surface area (TPSA) is 89.5 Å². The van der Waals surface area contributed by atoms with E-state index >= 15 is 0 Å². The van der Waals surface area contributed by atoms with Crippen LogP contribution in [0.5, 0.6) is 0 Å². The number of methoxy groups -OCH3 is 1. The number of carbonyl (C=O) groups is 1. The monoisotopic (exact) mass is 339 g/mol. The lowest BCUT2D eigenvalue weighted by molar-refractivity contribution is 0.0602. The molecule has 114 valence electrons. The zero-order valence-electron chi connectivity index (χ0n) is 11.5. The summed E-state index contributed by atoms with van der Waals surface area (Å²) in [6.45, 7) is 3.45. The van der Waals surface area contributed by atoms with E-state index in [1.165, 1.54) is 7.11 Å². The molecule has 0 aromatic carbocycles. The molecule has 0 bridgehead atoms. The van der Waals surface area contributed by atoms with Crippen LogP contribution < -0.4 is 4.72 Å². The molecule has 0 amide bonds. The van der Waals surface area contributed by atoms with Gasteiger partial charge >= 0.3 is 5.97 Å². The highest BCUT2D eigenvalue weighted by molar-refractivity contribution is 7.90. The van der Waals surface area contributed by atoms with Crippen molar-refractivity contribution in [1.29, 1.82) is 0 Å². The van der Waals surface area contributed by atoms with Gasteiger partial charge in [0.05, 0.1) is 7.11 Å². The second kappa shape index (κ2) is 7.30. The van der Waals surface area contributed by atoms with Gasteiger partial charge in [0.15, 0.2) is 0 Å². The van der Waals surface area contributed by atoms with Gasteiger partial charge in [-0.1, -0.05) is 6.92 Å². The van der Waals surface area contributed by atoms with Gasteiger partial charge in [-0.2, -0.15) is 0 Å². The summed E-state index contributed by atoms with van der Waals surface area (Å²) < 4.78 is 42.6. The van der Waals surface area contributed by atoms with Gasteiger partial charge in [0.25, 0.3) is 0 Å². The normalized spacial score (nSPS) is 13.2. The van der Waals surface area contributed by atoms with Crippen molar-refractivity contribution in [2.75, 3.05) is 25.2 Å². The first-order chi connectivity index (χ1) is 9.33. The predicted molar refractivity (Wildman–Crippen MR) is 79.1 cm³/mol. The van der Waals surface area contributed by atoms with Gasteiger partial charge in [-0.25, -0.2) is 17.9 Å². The fraction of sp³-hybridized carbons (Fsp3) is 0.545. The van der Waals surface area contributed by atoms with Crippen LogP contribution in [0.3, 0.4) is 0 Å². The molecule has 0 saturated carbocycles. The van der Waals surface area contributed by atoms with Gasteiger partial charge < -0.3 is 4.74 Å². The maximum Gasteiger partial charge on any atom is 0.349 e. The van der Waals surface area contributed by atoms with Gasteiger partial charge in [-0.3, -0.25) is 4.21 Å². The highest BCUT2D eigenvalue weighted by Crippen LogP contribution is 2.27. The molecule has 0 fully saturated rings. The summed E-state index contributed by atoms with van der Waals surface area (Å²) in [6, 6.07) is 0. The number of sulfonamides is 1. The second-order valence-electron chi connectivity index (χ2n) is 3.90. The van der Waals surface area contributed by atoms with Crippen LogP contribution in [-0.2, 0) is 25.6 Å². The van der Waals surface area contributed by atoms with Gasteiger partial charge in [0.2, 0.25) is 10.0 Å². The first-order valence-electron chi connectivity index (χ1n) is 5.84. The minimum atomic E-state index is -3.81. The summed E-state index contributed by atoms with van der Waals surface area (Å²) in [5.74, 6) is 0.0413. The maximum absolute atomic E-state index is 12.2. The predicted octanol–water partition coefficient (Wildman–Crippen LogP) is 0.890. The van der Waals surface area contributed by atoms with E-state index in [0.29, 0.717) is 11.3 Å². The lowest BCUT2D eigenvalue weighted by atomic mass is 10.3. The van der Waals surface area contributed by atoms with E-state index in [1.807, 2.05) is 0 Å². The van der Waals surface area contributed by atoms with Crippen molar-refractivity contribution in [3.8, 4) is 0 Å². The number of rotatable bonds is 7. The first-order valence-corrected chi connectivity index (χ1v) is 9.69. The lowest BCUT2D eigenvalue weighted by Gasteiger charge is -2.08. The zero-order valence-corrected chi connectivity index (χ0v) is 13.9. The van der Waals surface area contributed by atoms with Crippen LogP contribution in [0.15, 0.2) is 10.3 Å². The second-order valence-corrected chi connectivity index (χ2v) is 8.35. The Balaban J connectivity index is 2.95. The van der Waals surface area contributed by atoms with Crippen LogP contribution in [0.2, 0.25) is 0 Å². The molecule has 0 aliphatic rings. The van der Waals surface area contributed by atoms with E-state index in [-0.39, 0.29) is 22.1 Å². The average Bonchev–Trinajstić information content (AvgIpc) is 2.80. The SMILES string of the molecule is CCS(=O)CCNS(=O)(=O)c1c(C)csc1C(=O)OC. The van der Waals surface area contributed by atoms with Gasteiger partial charge in [-0.05, 0) is 17.9 Å². The number of thiophene rings is 1. The summed E-state index contributed by atoms with van der Waals surface area (Å²) in [6.07, 6.45) is 0. The molecule has 1 N–H and O–H groups in total. The van der Waals surface area contributed by atoms with E-state index in [1.54, 1.807) is 19.2 Å². The summed E-state index contributed by atoms with van der Waals surface area (Å²) in [5.41, 5.74) is 0.486. The molecule has 20 heavy (non-hydrogen) atoms. The van der Waals surface area contributed by atoms with Gasteiger partial charge in [0, 0.05) is 28.9 Å². The molecular formula is C11H17NO5S3. The van der Waals surface area contributed by atoms with Crippen molar-refractivity contribution in [3.63, 3.8) is 0 Å². The molecule has 1 atom stereocenters. The number of nitrogens with one attached hydrogen (secondary N) is 1. The molecule has 0 radical (unpaired) electrons. The van der Waals surface area contributed by atoms with E-state index in [4.69, 9.17) is 0 Å². The quantitative estimate of drug-likeness (QED) is 0.745. The Morgan fingerprint density at radius 2 is 2.15 bits per heavy atom. The number of carbonyl (C=O) groups excluding carboxylic acids is 1. The highest BCUT2D eigenvalue weighted by atomic mass is 32.2. The lowest BCUT2D eigenvalue weighted by Crippen LogP contribution is -2.29. The molecule has 9 heteroatoms. The Hall–Kier alpha value is -0.770. The number of hydrogen-bond donors (Lipinski definition) is 1. The average molecular weight is 339 g/mol. The molecule has 1 unspecified atom stereocenters. The highest BCUT2D eigenvalue weighted by Gasteiger charge is 2.27. The van der Waals surface area contributed by atoms with E-state index in [0.717, 1.165) is 11.3 Å². The Kier molecular flexibility index (Phi) is 6.31. The molecule has 0 spiro atoms. The summed E-state index contributed by atoms with van der Waals surface area (Å²) in [7, 11) is -3.66. The molecule has 1 heterocycles. The molecule has 1 rings (SSSR count). The van der Waals surface area contributed by atoms with Crippen molar-refractivity contribution >= 4 is 38.1 Å². The first kappa shape index (κ1) is 17.3. The fourth-order valence-electron chi connectivity index (χ4n) is 1.51. The van der Waals surface area contributed by atoms with Gasteiger partial charge in [0.1, 0.15) is 9.77 Å². The maximum atomic E-state index is 12.2. The van der Waals surface area contributed by atoms with Crippen LogP contribution in [0, 0.1) is 6.92 Å². The smallest absolute Gasteiger partial charge is 0.349 e. The molecule has 1 aromatic heterocycles. The van der Waals surface area contributed by atoms with Gasteiger partial charge in [-0.15, -0.1) is 11.3 Å². The van der Waals surface area contributed by atoms with Crippen molar-refractivity contribution in [2.24, 2.45) is 0 Å². The molecule has 1 aromatic rings. The molecule has 0 saturated heterocycles. The summed E-state index contributed by atoms with van der Waals surface area (Å²) in [4.78, 5) is 11.6. The minimum Gasteiger partial charge on any atom is -0.465 e. The van der Waals surface area contributed by atoms with Crippen LogP contribution in [-0.4, -0.2) is 43.8 Å². The Morgan fingerprint density at radius 3 is 2.70 bits per heavy atom. The Morgan fingerprint density at radius 1 is 1.50 bits per heavy atom. The third kappa shape index (κ3) is 4.11. The summed E-state index contributed by atoms with van der Waals surface area (Å²) >= 11 is 1.03. The van der Waals surface area contributed by atoms with E-state index < -0.39 is 26.8 Å². The minimum absolute atomic E-state index is 0.0501. The number of hydrogen-bond acceptors (Lipinski definition) is 6. The standard InChI is InChI=1S/C11H17NO5S3/c1-4-19(14)6-5-12-20(15,16)10-8(2)7-18-9(10)11(13)17-3/h7,12H,4-6H2,1-3H3. The Bertz CT molecular complexity index is 606. The van der Waals surface area contributed by atoms with Crippen LogP contribution in [0.25, 0.3) is 0 Å². The largest absolute Gasteiger partial charge is 0.465 e. The number of esters is 1. The van der Waals surface area contributed by atoms with Crippen LogP contribution in [0.1, 0.15) is 22.2 Å². The third-order valence-corrected chi connectivity index (χ3v) is 6.66. The van der Waals surface area contributed by atoms with Crippen LogP contribution in [0.4, 0.5) is 0 Å². The Labute approximate surface area is 125 Å². The molecule has 6 nitrogen and oxygen atoms in total.